The second-order valence-corrected chi connectivity index (χ2v) is 6.13. The van der Waals surface area contributed by atoms with E-state index >= 15 is 0 Å². The van der Waals surface area contributed by atoms with E-state index in [1.807, 2.05) is 6.92 Å². The first-order chi connectivity index (χ1) is 7.74. The van der Waals surface area contributed by atoms with Crippen LogP contribution >= 0.6 is 15.9 Å². The molecule has 17 heavy (non-hydrogen) atoms. The minimum atomic E-state index is -0.218. The highest BCUT2D eigenvalue weighted by Crippen LogP contribution is 2.44. The van der Waals surface area contributed by atoms with Crippen LogP contribution in [0.5, 0.6) is 5.75 Å². The molecule has 1 aromatic rings. The monoisotopic (exact) mass is 296 g/mol. The lowest BCUT2D eigenvalue weighted by molar-refractivity contribution is 0.0997. The highest BCUT2D eigenvalue weighted by molar-refractivity contribution is 9.10. The zero-order valence-electron chi connectivity index (χ0n) is 10.9. The number of carbonyl (C=O) groups excluding carboxylic acids is 1. The highest BCUT2D eigenvalue weighted by Gasteiger charge is 2.35. The maximum atomic E-state index is 11.8. The molecular formula is C14H17BrO2. The number of fused-ring (bicyclic) bond motifs is 1. The Morgan fingerprint density at radius 2 is 1.88 bits per heavy atom. The molecule has 0 spiro atoms. The van der Waals surface area contributed by atoms with Gasteiger partial charge in [0.1, 0.15) is 11.4 Å². The molecule has 2 rings (SSSR count). The van der Waals surface area contributed by atoms with E-state index in [1.165, 1.54) is 5.56 Å². The molecule has 0 saturated heterocycles. The Kier molecular flexibility index (Phi) is 2.85. The van der Waals surface area contributed by atoms with Gasteiger partial charge in [-0.05, 0) is 45.7 Å². The smallest absolute Gasteiger partial charge is 0.163 e. The fraction of sp³-hybridized carbons (Fsp3) is 0.500. The van der Waals surface area contributed by atoms with Gasteiger partial charge in [-0.2, -0.15) is 0 Å². The van der Waals surface area contributed by atoms with Gasteiger partial charge in [0.2, 0.25) is 0 Å². The molecule has 1 aliphatic rings. The topological polar surface area (TPSA) is 26.3 Å². The quantitative estimate of drug-likeness (QED) is 0.733. The second kappa shape index (κ2) is 3.84. The minimum Gasteiger partial charge on any atom is -0.486 e. The first kappa shape index (κ1) is 12.6. The van der Waals surface area contributed by atoms with E-state index in [1.54, 1.807) is 6.92 Å². The maximum absolute atomic E-state index is 11.8. The molecule has 0 aromatic heterocycles. The number of carbonyl (C=O) groups is 1. The lowest BCUT2D eigenvalue weighted by Crippen LogP contribution is -2.25. The van der Waals surface area contributed by atoms with Crippen molar-refractivity contribution >= 4 is 21.7 Å². The summed E-state index contributed by atoms with van der Waals surface area (Å²) in [6, 6.07) is 0. The van der Waals surface area contributed by atoms with Crippen molar-refractivity contribution in [2.24, 2.45) is 0 Å². The summed E-state index contributed by atoms with van der Waals surface area (Å²) in [6.07, 6.45) is 0.854. The molecule has 0 radical (unpaired) electrons. The van der Waals surface area contributed by atoms with Gasteiger partial charge in [-0.1, -0.05) is 15.9 Å². The summed E-state index contributed by atoms with van der Waals surface area (Å²) in [5, 5.41) is 0. The molecule has 1 heterocycles. The normalized spacial score (nSPS) is 16.6. The lowest BCUT2D eigenvalue weighted by Gasteiger charge is -2.18. The third-order valence-corrected chi connectivity index (χ3v) is 4.51. The van der Waals surface area contributed by atoms with Gasteiger partial charge in [0.05, 0.1) is 5.56 Å². The van der Waals surface area contributed by atoms with E-state index in [2.05, 4.69) is 36.7 Å². The number of rotatable bonds is 1. The summed E-state index contributed by atoms with van der Waals surface area (Å²) in [4.78, 5) is 11.8. The van der Waals surface area contributed by atoms with Crippen LogP contribution in [-0.2, 0) is 6.42 Å². The molecule has 0 unspecified atom stereocenters. The van der Waals surface area contributed by atoms with Gasteiger partial charge in [-0.15, -0.1) is 0 Å². The first-order valence-electron chi connectivity index (χ1n) is 5.76. The van der Waals surface area contributed by atoms with Crippen molar-refractivity contribution in [3.63, 3.8) is 0 Å². The Morgan fingerprint density at radius 3 is 2.41 bits per heavy atom. The maximum Gasteiger partial charge on any atom is 0.163 e. The second-order valence-electron chi connectivity index (χ2n) is 5.34. The van der Waals surface area contributed by atoms with Crippen LogP contribution in [-0.4, -0.2) is 11.4 Å². The van der Waals surface area contributed by atoms with Crippen LogP contribution in [0, 0.1) is 13.8 Å². The van der Waals surface area contributed by atoms with Crippen LogP contribution in [0.3, 0.4) is 0 Å². The van der Waals surface area contributed by atoms with E-state index < -0.39 is 0 Å². The predicted molar refractivity (Wildman–Crippen MR) is 72.0 cm³/mol. The number of Topliss-reactive ketones (excluding diaryl/α,β-unsaturated/α-hetero) is 1. The average molecular weight is 297 g/mol. The third kappa shape index (κ3) is 1.90. The number of halogens is 1. The molecule has 92 valence electrons. The summed E-state index contributed by atoms with van der Waals surface area (Å²) in [5.74, 6) is 0.859. The summed E-state index contributed by atoms with van der Waals surface area (Å²) in [7, 11) is 0. The van der Waals surface area contributed by atoms with Crippen molar-refractivity contribution in [3.8, 4) is 5.75 Å². The largest absolute Gasteiger partial charge is 0.486 e. The molecule has 0 saturated carbocycles. The van der Waals surface area contributed by atoms with Gasteiger partial charge >= 0.3 is 0 Å². The van der Waals surface area contributed by atoms with Crippen LogP contribution in [0.1, 0.15) is 47.8 Å². The summed E-state index contributed by atoms with van der Waals surface area (Å²) >= 11 is 3.58. The molecule has 0 N–H and O–H groups in total. The Labute approximate surface area is 110 Å². The number of ketones is 1. The van der Waals surface area contributed by atoms with Crippen molar-refractivity contribution in [2.75, 3.05) is 0 Å². The highest BCUT2D eigenvalue weighted by atomic mass is 79.9. The van der Waals surface area contributed by atoms with Crippen LogP contribution in [0.15, 0.2) is 4.47 Å². The van der Waals surface area contributed by atoms with Gasteiger partial charge in [0.15, 0.2) is 5.78 Å². The van der Waals surface area contributed by atoms with Crippen molar-refractivity contribution in [3.05, 3.63) is 26.7 Å². The standard InChI is InChI=1S/C14H17BrO2/c1-7-10-6-14(4,5)17-13(10)11(9(3)16)8(2)12(7)15/h6H2,1-5H3. The Bertz CT molecular complexity index is 516. The molecule has 3 heteroatoms. The zero-order valence-corrected chi connectivity index (χ0v) is 12.5. The van der Waals surface area contributed by atoms with Gasteiger partial charge < -0.3 is 4.74 Å². The molecule has 0 aliphatic carbocycles. The SMILES string of the molecule is CC(=O)c1c(C)c(Br)c(C)c2c1OC(C)(C)C2. The Balaban J connectivity index is 2.77. The summed E-state index contributed by atoms with van der Waals surface area (Å²) in [6.45, 7) is 9.74. The van der Waals surface area contributed by atoms with Crippen molar-refractivity contribution < 1.29 is 9.53 Å². The van der Waals surface area contributed by atoms with E-state index in [9.17, 15) is 4.79 Å². The Morgan fingerprint density at radius 1 is 1.29 bits per heavy atom. The lowest BCUT2D eigenvalue weighted by atomic mass is 9.93. The van der Waals surface area contributed by atoms with Crippen molar-refractivity contribution in [1.82, 2.24) is 0 Å². The van der Waals surface area contributed by atoms with Crippen LogP contribution in [0.25, 0.3) is 0 Å². The van der Waals surface area contributed by atoms with E-state index in [0.29, 0.717) is 0 Å². The minimum absolute atomic E-state index is 0.0668. The summed E-state index contributed by atoms with van der Waals surface area (Å²) < 4.78 is 6.99. The molecule has 2 nitrogen and oxygen atoms in total. The van der Waals surface area contributed by atoms with Gasteiger partial charge in [0, 0.05) is 16.5 Å². The van der Waals surface area contributed by atoms with Gasteiger partial charge in [0.25, 0.3) is 0 Å². The van der Waals surface area contributed by atoms with E-state index in [-0.39, 0.29) is 11.4 Å². The van der Waals surface area contributed by atoms with Gasteiger partial charge in [-0.3, -0.25) is 4.79 Å². The van der Waals surface area contributed by atoms with Crippen LogP contribution in [0.2, 0.25) is 0 Å². The molecule has 0 bridgehead atoms. The molecule has 1 aromatic carbocycles. The van der Waals surface area contributed by atoms with Crippen LogP contribution < -0.4 is 4.74 Å². The van der Waals surface area contributed by atoms with Crippen LogP contribution in [0.4, 0.5) is 0 Å². The van der Waals surface area contributed by atoms with Crippen molar-refractivity contribution in [1.29, 1.82) is 0 Å². The van der Waals surface area contributed by atoms with E-state index in [0.717, 1.165) is 33.3 Å². The molecule has 1 aliphatic heterocycles. The fourth-order valence-corrected chi connectivity index (χ4v) is 2.94. The zero-order chi connectivity index (χ0) is 13.0. The summed E-state index contributed by atoms with van der Waals surface area (Å²) in [5.41, 5.74) is 3.84. The molecule has 0 atom stereocenters. The number of ether oxygens (including phenoxy) is 1. The number of hydrogen-bond donors (Lipinski definition) is 0. The molecular weight excluding hydrogens is 280 g/mol. The van der Waals surface area contributed by atoms with Gasteiger partial charge in [-0.25, -0.2) is 0 Å². The van der Waals surface area contributed by atoms with Crippen molar-refractivity contribution in [2.45, 2.75) is 46.6 Å². The third-order valence-electron chi connectivity index (χ3n) is 3.32. The van der Waals surface area contributed by atoms with E-state index in [4.69, 9.17) is 4.74 Å². The molecule has 0 amide bonds. The predicted octanol–water partition coefficient (Wildman–Crippen LogP) is 3.98. The number of benzene rings is 1. The number of hydrogen-bond acceptors (Lipinski definition) is 2. The average Bonchev–Trinajstić information content (AvgIpc) is 2.50. The Hall–Kier alpha value is -0.830. The molecule has 0 fully saturated rings. The fourth-order valence-electron chi connectivity index (χ4n) is 2.50. The first-order valence-corrected chi connectivity index (χ1v) is 6.55.